The summed E-state index contributed by atoms with van der Waals surface area (Å²) < 4.78 is 33.2. The number of hydrogen-bond acceptors (Lipinski definition) is 5. The Balaban J connectivity index is 1.45. The van der Waals surface area contributed by atoms with Crippen LogP contribution < -0.4 is 15.4 Å². The summed E-state index contributed by atoms with van der Waals surface area (Å²) in [5.74, 6) is -0.253. The van der Waals surface area contributed by atoms with Crippen LogP contribution in [0.1, 0.15) is 18.4 Å². The van der Waals surface area contributed by atoms with E-state index in [1.54, 1.807) is 13.0 Å². The van der Waals surface area contributed by atoms with Gasteiger partial charge in [0.2, 0.25) is 15.9 Å². The molecule has 2 aliphatic heterocycles. The van der Waals surface area contributed by atoms with E-state index in [1.165, 1.54) is 10.4 Å². The molecule has 2 N–H and O–H groups in total. The third-order valence-corrected chi connectivity index (χ3v) is 7.43. The fourth-order valence-electron chi connectivity index (χ4n) is 3.76. The molecule has 8 nitrogen and oxygen atoms in total. The van der Waals surface area contributed by atoms with E-state index in [1.807, 2.05) is 30.3 Å². The summed E-state index contributed by atoms with van der Waals surface area (Å²) in [5, 5.41) is 5.57. The van der Waals surface area contributed by atoms with Gasteiger partial charge in [0.05, 0.1) is 10.6 Å². The van der Waals surface area contributed by atoms with Crippen molar-refractivity contribution in [2.75, 3.05) is 30.3 Å². The minimum Gasteiger partial charge on any atom is -0.482 e. The maximum absolute atomic E-state index is 13.2. The van der Waals surface area contributed by atoms with Crippen LogP contribution in [0.2, 0.25) is 0 Å². The minimum atomic E-state index is -3.74. The van der Waals surface area contributed by atoms with Crippen molar-refractivity contribution in [2.24, 2.45) is 5.92 Å². The second-order valence-electron chi connectivity index (χ2n) is 7.48. The van der Waals surface area contributed by atoms with Crippen LogP contribution in [0.4, 0.5) is 11.4 Å². The largest absolute Gasteiger partial charge is 0.482 e. The molecule has 9 heteroatoms. The highest BCUT2D eigenvalue weighted by atomic mass is 32.2. The monoisotopic (exact) mass is 429 g/mol. The lowest BCUT2D eigenvalue weighted by atomic mass is 9.97. The van der Waals surface area contributed by atoms with Crippen LogP contribution in [0.15, 0.2) is 47.4 Å². The van der Waals surface area contributed by atoms with Crippen molar-refractivity contribution >= 4 is 33.2 Å². The van der Waals surface area contributed by atoms with Gasteiger partial charge in [-0.15, -0.1) is 0 Å². The number of rotatable bonds is 4. The molecule has 0 unspecified atom stereocenters. The highest BCUT2D eigenvalue weighted by Gasteiger charge is 2.34. The number of nitrogens with one attached hydrogen (secondary N) is 2. The third-order valence-electron chi connectivity index (χ3n) is 5.39. The van der Waals surface area contributed by atoms with Crippen LogP contribution in [-0.4, -0.2) is 44.2 Å². The molecule has 4 rings (SSSR count). The zero-order valence-corrected chi connectivity index (χ0v) is 17.4. The van der Waals surface area contributed by atoms with Crippen molar-refractivity contribution in [1.82, 2.24) is 4.31 Å². The molecule has 1 saturated heterocycles. The number of fused-ring (bicyclic) bond motifs is 1. The lowest BCUT2D eigenvalue weighted by molar-refractivity contribution is -0.121. The maximum atomic E-state index is 13.2. The Morgan fingerprint density at radius 2 is 1.87 bits per heavy atom. The molecule has 0 saturated carbocycles. The van der Waals surface area contributed by atoms with Gasteiger partial charge in [-0.1, -0.05) is 18.2 Å². The van der Waals surface area contributed by atoms with Crippen LogP contribution in [0.25, 0.3) is 0 Å². The SMILES string of the molecule is Cc1cc2c(cc1S(=O)(=O)N1CCC(C(=O)Nc3ccccc3)CC1)OCC(=O)N2. The predicted molar refractivity (Wildman–Crippen MR) is 112 cm³/mol. The minimum absolute atomic E-state index is 0.0904. The fourth-order valence-corrected chi connectivity index (χ4v) is 5.45. The Morgan fingerprint density at radius 1 is 1.17 bits per heavy atom. The second kappa shape index (κ2) is 8.08. The van der Waals surface area contributed by atoms with Gasteiger partial charge in [-0.05, 0) is 43.5 Å². The first-order chi connectivity index (χ1) is 14.3. The van der Waals surface area contributed by atoms with E-state index in [2.05, 4.69) is 10.6 Å². The number of anilines is 2. The summed E-state index contributed by atoms with van der Waals surface area (Å²) in [6, 6.07) is 12.3. The van der Waals surface area contributed by atoms with E-state index in [0.717, 1.165) is 5.69 Å². The van der Waals surface area contributed by atoms with Crippen molar-refractivity contribution < 1.29 is 22.7 Å². The average Bonchev–Trinajstić information content (AvgIpc) is 2.74. The Bertz CT molecular complexity index is 1080. The Hall–Kier alpha value is -2.91. The van der Waals surface area contributed by atoms with Crippen LogP contribution in [0.5, 0.6) is 5.75 Å². The molecule has 0 bridgehead atoms. The smallest absolute Gasteiger partial charge is 0.262 e. The highest BCUT2D eigenvalue weighted by Crippen LogP contribution is 2.35. The molecule has 2 aromatic rings. The molecule has 30 heavy (non-hydrogen) atoms. The van der Waals surface area contributed by atoms with E-state index in [0.29, 0.717) is 29.8 Å². The quantitative estimate of drug-likeness (QED) is 0.776. The average molecular weight is 429 g/mol. The molecule has 2 amide bonds. The third kappa shape index (κ3) is 4.03. The zero-order chi connectivity index (χ0) is 21.3. The van der Waals surface area contributed by atoms with E-state index in [-0.39, 0.29) is 42.3 Å². The van der Waals surface area contributed by atoms with Gasteiger partial charge in [0.25, 0.3) is 5.91 Å². The van der Waals surface area contributed by atoms with Crippen molar-refractivity contribution in [3.63, 3.8) is 0 Å². The predicted octanol–water partition coefficient (Wildman–Crippen LogP) is 2.37. The van der Waals surface area contributed by atoms with Crippen molar-refractivity contribution in [2.45, 2.75) is 24.7 Å². The van der Waals surface area contributed by atoms with Gasteiger partial charge < -0.3 is 15.4 Å². The van der Waals surface area contributed by atoms with E-state index in [9.17, 15) is 18.0 Å². The standard InChI is InChI=1S/C21H23N3O5S/c1-14-11-17-18(29-13-20(25)23-17)12-19(14)30(27,28)24-9-7-15(8-10-24)21(26)22-16-5-3-2-4-6-16/h2-6,11-12,15H,7-10,13H2,1H3,(H,22,26)(H,23,25). The van der Waals surface area contributed by atoms with Crippen LogP contribution >= 0.6 is 0 Å². The van der Waals surface area contributed by atoms with E-state index >= 15 is 0 Å². The summed E-state index contributed by atoms with van der Waals surface area (Å²) in [6.07, 6.45) is 0.906. The van der Waals surface area contributed by atoms with Crippen LogP contribution in [0, 0.1) is 12.8 Å². The zero-order valence-electron chi connectivity index (χ0n) is 16.6. The van der Waals surface area contributed by atoms with Gasteiger partial charge in [0, 0.05) is 30.8 Å². The number of carbonyl (C=O) groups is 2. The fraction of sp³-hybridized carbons (Fsp3) is 0.333. The Labute approximate surface area is 175 Å². The number of aryl methyl sites for hydroxylation is 1. The summed E-state index contributed by atoms with van der Waals surface area (Å²) in [6.45, 7) is 2.08. The first-order valence-electron chi connectivity index (χ1n) is 9.78. The lowest BCUT2D eigenvalue weighted by Crippen LogP contribution is -2.41. The molecule has 158 valence electrons. The first-order valence-corrected chi connectivity index (χ1v) is 11.2. The van der Waals surface area contributed by atoms with Crippen molar-refractivity contribution in [3.05, 3.63) is 48.0 Å². The van der Waals surface area contributed by atoms with Gasteiger partial charge in [-0.2, -0.15) is 4.31 Å². The molecule has 0 aromatic heterocycles. The molecule has 1 fully saturated rings. The van der Waals surface area contributed by atoms with Gasteiger partial charge in [0.1, 0.15) is 5.75 Å². The van der Waals surface area contributed by atoms with Gasteiger partial charge in [-0.25, -0.2) is 8.42 Å². The number of amides is 2. The topological polar surface area (TPSA) is 105 Å². The Morgan fingerprint density at radius 3 is 2.57 bits per heavy atom. The molecule has 2 aromatic carbocycles. The normalized spacial score (nSPS) is 17.6. The Kier molecular flexibility index (Phi) is 5.48. The number of para-hydroxylation sites is 1. The van der Waals surface area contributed by atoms with Gasteiger partial charge in [0.15, 0.2) is 6.61 Å². The van der Waals surface area contributed by atoms with E-state index in [4.69, 9.17) is 4.74 Å². The molecular weight excluding hydrogens is 406 g/mol. The van der Waals surface area contributed by atoms with Crippen LogP contribution in [-0.2, 0) is 19.6 Å². The maximum Gasteiger partial charge on any atom is 0.262 e. The van der Waals surface area contributed by atoms with E-state index < -0.39 is 10.0 Å². The summed E-state index contributed by atoms with van der Waals surface area (Å²) in [5.41, 5.74) is 1.73. The summed E-state index contributed by atoms with van der Waals surface area (Å²) in [4.78, 5) is 24.1. The van der Waals surface area contributed by atoms with Crippen molar-refractivity contribution in [1.29, 1.82) is 0 Å². The number of piperidine rings is 1. The van der Waals surface area contributed by atoms with Crippen LogP contribution in [0.3, 0.4) is 0 Å². The number of sulfonamides is 1. The number of ether oxygens (including phenoxy) is 1. The number of benzene rings is 2. The lowest BCUT2D eigenvalue weighted by Gasteiger charge is -2.31. The molecule has 0 atom stereocenters. The second-order valence-corrected chi connectivity index (χ2v) is 9.39. The first kappa shape index (κ1) is 20.4. The molecule has 2 heterocycles. The highest BCUT2D eigenvalue weighted by molar-refractivity contribution is 7.89. The molecule has 0 spiro atoms. The molecule has 0 radical (unpaired) electrons. The van der Waals surface area contributed by atoms with Gasteiger partial charge >= 0.3 is 0 Å². The number of nitrogens with zero attached hydrogens (tertiary/aromatic N) is 1. The summed E-state index contributed by atoms with van der Waals surface area (Å²) >= 11 is 0. The molecule has 0 aliphatic carbocycles. The van der Waals surface area contributed by atoms with Crippen molar-refractivity contribution in [3.8, 4) is 5.75 Å². The summed E-state index contributed by atoms with van der Waals surface area (Å²) in [7, 11) is -3.74. The van der Waals surface area contributed by atoms with Gasteiger partial charge in [-0.3, -0.25) is 9.59 Å². The number of carbonyl (C=O) groups excluding carboxylic acids is 2. The molecular formula is C21H23N3O5S. The number of hydrogen-bond donors (Lipinski definition) is 2. The molecule has 2 aliphatic rings.